The van der Waals surface area contributed by atoms with E-state index in [1.165, 1.54) is 0 Å². The highest BCUT2D eigenvalue weighted by atomic mass is 16.6. The second-order valence-electron chi connectivity index (χ2n) is 6.18. The van der Waals surface area contributed by atoms with Gasteiger partial charge in [0.25, 0.3) is 0 Å². The minimum Gasteiger partial charge on any atom is -0.438 e. The number of nitriles is 1. The summed E-state index contributed by atoms with van der Waals surface area (Å²) < 4.78 is 11.2. The molecule has 0 aliphatic rings. The molecule has 0 saturated heterocycles. The third-order valence-electron chi connectivity index (χ3n) is 4.29. The lowest BCUT2D eigenvalue weighted by molar-refractivity contribution is 0.214. The van der Waals surface area contributed by atoms with Crippen LogP contribution in [0.15, 0.2) is 95.4 Å². The highest BCUT2D eigenvalue weighted by molar-refractivity contribution is 5.93. The van der Waals surface area contributed by atoms with E-state index >= 15 is 0 Å². The maximum atomic E-state index is 12.3. The van der Waals surface area contributed by atoms with Gasteiger partial charge in [-0.1, -0.05) is 78.9 Å². The summed E-state index contributed by atoms with van der Waals surface area (Å²) in [4.78, 5) is 12.3. The summed E-state index contributed by atoms with van der Waals surface area (Å²) >= 11 is 0. The topological polar surface area (TPSA) is 75.3 Å². The van der Waals surface area contributed by atoms with Crippen molar-refractivity contribution in [1.29, 1.82) is 5.26 Å². The van der Waals surface area contributed by atoms with Gasteiger partial charge < -0.3 is 9.15 Å². The Bertz CT molecular complexity index is 1160. The molecule has 0 spiro atoms. The van der Waals surface area contributed by atoms with Gasteiger partial charge in [0.2, 0.25) is 5.88 Å². The van der Waals surface area contributed by atoms with Crippen molar-refractivity contribution in [3.05, 3.63) is 96.6 Å². The zero-order valence-electron chi connectivity index (χ0n) is 15.3. The first-order valence-electron chi connectivity index (χ1n) is 8.98. The molecule has 0 unspecified atom stereocenters. The predicted octanol–water partition coefficient (Wildman–Crippen LogP) is 6.10. The lowest BCUT2D eigenvalue weighted by Gasteiger charge is -2.04. The Morgan fingerprint density at radius 2 is 1.38 bits per heavy atom. The van der Waals surface area contributed by atoms with E-state index in [0.29, 0.717) is 17.1 Å². The van der Waals surface area contributed by atoms with E-state index in [1.807, 2.05) is 66.7 Å². The van der Waals surface area contributed by atoms with Crippen LogP contribution in [0.25, 0.3) is 22.5 Å². The van der Waals surface area contributed by atoms with Crippen LogP contribution in [0.5, 0.6) is 5.75 Å². The smallest absolute Gasteiger partial charge is 0.419 e. The monoisotopic (exact) mass is 380 g/mol. The molecule has 1 N–H and O–H groups in total. The zero-order chi connectivity index (χ0) is 20.1. The fourth-order valence-electron chi connectivity index (χ4n) is 3.01. The van der Waals surface area contributed by atoms with Crippen molar-refractivity contribution >= 4 is 12.0 Å². The molecule has 29 heavy (non-hydrogen) atoms. The first-order valence-corrected chi connectivity index (χ1v) is 8.98. The standard InChI is InChI=1S/C24H16N2O3/c25-16-20-21(17-10-4-1-5-11-17)22(18-12-6-2-7-13-18)29-23(20)26-24(27)28-19-14-8-3-9-15-19/h1-15H,(H,26,27). The lowest BCUT2D eigenvalue weighted by Crippen LogP contribution is -2.16. The number of amides is 1. The van der Waals surface area contributed by atoms with Gasteiger partial charge in [0, 0.05) is 11.1 Å². The minimum atomic E-state index is -0.735. The van der Waals surface area contributed by atoms with Crippen LogP contribution >= 0.6 is 0 Å². The van der Waals surface area contributed by atoms with Crippen molar-refractivity contribution in [3.8, 4) is 34.3 Å². The number of nitrogens with one attached hydrogen (secondary N) is 1. The van der Waals surface area contributed by atoms with Gasteiger partial charge in [-0.3, -0.25) is 5.32 Å². The Morgan fingerprint density at radius 1 is 0.828 bits per heavy atom. The molecule has 0 saturated carbocycles. The SMILES string of the molecule is N#Cc1c(NC(=O)Oc2ccccc2)oc(-c2ccccc2)c1-c1ccccc1. The van der Waals surface area contributed by atoms with Crippen LogP contribution in [-0.4, -0.2) is 6.09 Å². The van der Waals surface area contributed by atoms with Crippen molar-refractivity contribution in [2.45, 2.75) is 0 Å². The molecule has 4 rings (SSSR count). The molecule has 0 aliphatic carbocycles. The summed E-state index contributed by atoms with van der Waals surface area (Å²) in [6, 6.07) is 29.7. The quantitative estimate of drug-likeness (QED) is 0.464. The summed E-state index contributed by atoms with van der Waals surface area (Å²) in [7, 11) is 0. The lowest BCUT2D eigenvalue weighted by atomic mass is 9.98. The molecule has 1 amide bonds. The summed E-state index contributed by atoms with van der Waals surface area (Å²) in [5, 5.41) is 12.4. The normalized spacial score (nSPS) is 10.2. The molecule has 1 heterocycles. The highest BCUT2D eigenvalue weighted by Crippen LogP contribution is 2.41. The molecule has 1 aromatic heterocycles. The molecule has 5 heteroatoms. The third-order valence-corrected chi connectivity index (χ3v) is 4.29. The highest BCUT2D eigenvalue weighted by Gasteiger charge is 2.24. The molecule has 0 aliphatic heterocycles. The molecular formula is C24H16N2O3. The average Bonchev–Trinajstić information content (AvgIpc) is 3.13. The third kappa shape index (κ3) is 3.87. The Balaban J connectivity index is 1.76. The number of hydrogen-bond donors (Lipinski definition) is 1. The Hall–Kier alpha value is -4.30. The number of rotatable bonds is 4. The van der Waals surface area contributed by atoms with Crippen LogP contribution < -0.4 is 10.1 Å². The second kappa shape index (κ2) is 8.15. The van der Waals surface area contributed by atoms with Crippen LogP contribution in [-0.2, 0) is 0 Å². The summed E-state index contributed by atoms with van der Waals surface area (Å²) in [6.45, 7) is 0. The Labute approximate surface area is 167 Å². The van der Waals surface area contributed by atoms with Crippen molar-refractivity contribution in [1.82, 2.24) is 0 Å². The fraction of sp³-hybridized carbons (Fsp3) is 0. The fourth-order valence-corrected chi connectivity index (χ4v) is 3.01. The number of carbonyl (C=O) groups is 1. The van der Waals surface area contributed by atoms with Crippen molar-refractivity contribution < 1.29 is 13.9 Å². The van der Waals surface area contributed by atoms with Crippen LogP contribution in [0.3, 0.4) is 0 Å². The van der Waals surface area contributed by atoms with Gasteiger partial charge in [-0.25, -0.2) is 4.79 Å². The molecule has 140 valence electrons. The number of carbonyl (C=O) groups excluding carboxylic acids is 1. The van der Waals surface area contributed by atoms with Gasteiger partial charge >= 0.3 is 6.09 Å². The van der Waals surface area contributed by atoms with E-state index < -0.39 is 6.09 Å². The summed E-state index contributed by atoms with van der Waals surface area (Å²) in [6.07, 6.45) is -0.735. The van der Waals surface area contributed by atoms with Gasteiger partial charge in [0.15, 0.2) is 0 Å². The van der Waals surface area contributed by atoms with Crippen molar-refractivity contribution in [2.75, 3.05) is 5.32 Å². The Kier molecular flexibility index (Phi) is 5.08. The number of para-hydroxylation sites is 1. The van der Waals surface area contributed by atoms with Crippen LogP contribution in [0.4, 0.5) is 10.7 Å². The molecule has 3 aromatic carbocycles. The average molecular weight is 380 g/mol. The van der Waals surface area contributed by atoms with E-state index in [1.54, 1.807) is 24.3 Å². The number of hydrogen-bond acceptors (Lipinski definition) is 4. The van der Waals surface area contributed by atoms with Crippen LogP contribution in [0.1, 0.15) is 5.56 Å². The van der Waals surface area contributed by atoms with Crippen molar-refractivity contribution in [3.63, 3.8) is 0 Å². The van der Waals surface area contributed by atoms with E-state index in [0.717, 1.165) is 11.1 Å². The van der Waals surface area contributed by atoms with E-state index in [2.05, 4.69) is 11.4 Å². The predicted molar refractivity (Wildman–Crippen MR) is 110 cm³/mol. The van der Waals surface area contributed by atoms with E-state index in [9.17, 15) is 10.1 Å². The molecule has 5 nitrogen and oxygen atoms in total. The molecule has 0 atom stereocenters. The van der Waals surface area contributed by atoms with Crippen LogP contribution in [0.2, 0.25) is 0 Å². The molecule has 0 fully saturated rings. The van der Waals surface area contributed by atoms with Gasteiger partial charge in [-0.05, 0) is 17.7 Å². The maximum absolute atomic E-state index is 12.3. The van der Waals surface area contributed by atoms with Crippen LogP contribution in [0, 0.1) is 11.3 Å². The van der Waals surface area contributed by atoms with Crippen molar-refractivity contribution in [2.24, 2.45) is 0 Å². The maximum Gasteiger partial charge on any atom is 0.419 e. The molecule has 0 bridgehead atoms. The Morgan fingerprint density at radius 3 is 1.97 bits per heavy atom. The molecule has 0 radical (unpaired) electrons. The zero-order valence-corrected chi connectivity index (χ0v) is 15.3. The number of furan rings is 1. The number of benzene rings is 3. The van der Waals surface area contributed by atoms with E-state index in [4.69, 9.17) is 9.15 Å². The van der Waals surface area contributed by atoms with Gasteiger partial charge in [0.05, 0.1) is 0 Å². The van der Waals surface area contributed by atoms with Gasteiger partial charge in [-0.15, -0.1) is 0 Å². The molecular weight excluding hydrogens is 364 g/mol. The van der Waals surface area contributed by atoms with Gasteiger partial charge in [0.1, 0.15) is 23.1 Å². The summed E-state index contributed by atoms with van der Waals surface area (Å²) in [5.74, 6) is 0.941. The molecule has 4 aromatic rings. The van der Waals surface area contributed by atoms with Gasteiger partial charge in [-0.2, -0.15) is 5.26 Å². The second-order valence-corrected chi connectivity index (χ2v) is 6.18. The minimum absolute atomic E-state index is 0.0473. The number of nitrogens with zero attached hydrogens (tertiary/aromatic N) is 1. The van der Waals surface area contributed by atoms with E-state index in [-0.39, 0.29) is 11.4 Å². The first-order chi connectivity index (χ1) is 14.3. The number of ether oxygens (including phenoxy) is 1. The summed E-state index contributed by atoms with van der Waals surface area (Å²) in [5.41, 5.74) is 2.47. The number of anilines is 1. The largest absolute Gasteiger partial charge is 0.438 e. The first kappa shape index (κ1) is 18.1.